The number of anilines is 2. The molecule has 80 valence electrons. The molecule has 4 nitrogen and oxygen atoms in total. The molecule has 1 aliphatic rings. The molecule has 4 heteroatoms. The molecule has 0 heterocycles. The SMILES string of the molecule is CNc1ccc(C2(C(=O)O)CC2)cc1N. The highest BCUT2D eigenvalue weighted by Gasteiger charge is 2.51. The molecule has 1 fully saturated rings. The fourth-order valence-electron chi connectivity index (χ4n) is 1.84. The molecule has 1 aromatic carbocycles. The summed E-state index contributed by atoms with van der Waals surface area (Å²) in [6, 6.07) is 5.42. The van der Waals surface area contributed by atoms with Gasteiger partial charge in [-0.15, -0.1) is 0 Å². The third-order valence-electron chi connectivity index (χ3n) is 3.03. The van der Waals surface area contributed by atoms with Crippen molar-refractivity contribution in [2.24, 2.45) is 0 Å². The standard InChI is InChI=1S/C11H14N2O2/c1-13-9-3-2-7(6-8(9)12)11(4-5-11)10(14)15/h2-3,6,13H,4-5,12H2,1H3,(H,14,15). The van der Waals surface area contributed by atoms with Gasteiger partial charge in [-0.25, -0.2) is 0 Å². The number of nitrogens with one attached hydrogen (secondary N) is 1. The zero-order chi connectivity index (χ0) is 11.1. The zero-order valence-corrected chi connectivity index (χ0v) is 8.58. The smallest absolute Gasteiger partial charge is 0.314 e. The Morgan fingerprint density at radius 1 is 1.53 bits per heavy atom. The molecule has 1 aromatic rings. The predicted octanol–water partition coefficient (Wildman–Crippen LogP) is 1.43. The van der Waals surface area contributed by atoms with Crippen molar-refractivity contribution in [1.82, 2.24) is 0 Å². The van der Waals surface area contributed by atoms with E-state index in [-0.39, 0.29) is 0 Å². The second kappa shape index (κ2) is 3.15. The molecule has 0 spiro atoms. The summed E-state index contributed by atoms with van der Waals surface area (Å²) in [4.78, 5) is 11.1. The van der Waals surface area contributed by atoms with Gasteiger partial charge in [0.2, 0.25) is 0 Å². The monoisotopic (exact) mass is 206 g/mol. The molecule has 15 heavy (non-hydrogen) atoms. The van der Waals surface area contributed by atoms with E-state index in [9.17, 15) is 4.79 Å². The second-order valence-corrected chi connectivity index (χ2v) is 3.94. The van der Waals surface area contributed by atoms with Crippen molar-refractivity contribution in [3.8, 4) is 0 Å². The molecule has 0 amide bonds. The van der Waals surface area contributed by atoms with E-state index in [0.717, 1.165) is 11.3 Å². The van der Waals surface area contributed by atoms with Crippen LogP contribution in [0.1, 0.15) is 18.4 Å². The number of hydrogen-bond donors (Lipinski definition) is 3. The van der Waals surface area contributed by atoms with Gasteiger partial charge in [0.25, 0.3) is 0 Å². The lowest BCUT2D eigenvalue weighted by Gasteiger charge is -2.12. The van der Waals surface area contributed by atoms with Crippen molar-refractivity contribution in [1.29, 1.82) is 0 Å². The van der Waals surface area contributed by atoms with Crippen LogP contribution in [0.2, 0.25) is 0 Å². The van der Waals surface area contributed by atoms with Gasteiger partial charge in [-0.05, 0) is 30.5 Å². The summed E-state index contributed by atoms with van der Waals surface area (Å²) in [7, 11) is 1.79. The second-order valence-electron chi connectivity index (χ2n) is 3.94. The molecule has 1 aliphatic carbocycles. The summed E-state index contributed by atoms with van der Waals surface area (Å²) in [5, 5.41) is 12.1. The summed E-state index contributed by atoms with van der Waals surface area (Å²) in [6.45, 7) is 0. The van der Waals surface area contributed by atoms with Crippen LogP contribution in [0.4, 0.5) is 11.4 Å². The number of rotatable bonds is 3. The van der Waals surface area contributed by atoms with Crippen molar-refractivity contribution >= 4 is 17.3 Å². The number of aliphatic carboxylic acids is 1. The maximum Gasteiger partial charge on any atom is 0.314 e. The number of nitrogen functional groups attached to an aromatic ring is 1. The van der Waals surface area contributed by atoms with E-state index >= 15 is 0 Å². The molecule has 0 saturated heterocycles. The zero-order valence-electron chi connectivity index (χ0n) is 8.58. The van der Waals surface area contributed by atoms with E-state index in [1.165, 1.54) is 0 Å². The van der Waals surface area contributed by atoms with Gasteiger partial charge in [0.05, 0.1) is 16.8 Å². The first-order chi connectivity index (χ1) is 7.10. The van der Waals surface area contributed by atoms with Crippen LogP contribution in [-0.4, -0.2) is 18.1 Å². The van der Waals surface area contributed by atoms with E-state index in [2.05, 4.69) is 5.32 Å². The fourth-order valence-corrected chi connectivity index (χ4v) is 1.84. The minimum atomic E-state index is -0.751. The Morgan fingerprint density at radius 3 is 2.60 bits per heavy atom. The molecular weight excluding hydrogens is 192 g/mol. The van der Waals surface area contributed by atoms with Gasteiger partial charge < -0.3 is 16.2 Å². The Hall–Kier alpha value is -1.71. The van der Waals surface area contributed by atoms with Gasteiger partial charge in [-0.1, -0.05) is 6.07 Å². The van der Waals surface area contributed by atoms with E-state index < -0.39 is 11.4 Å². The first-order valence-electron chi connectivity index (χ1n) is 4.91. The lowest BCUT2D eigenvalue weighted by atomic mass is 9.95. The van der Waals surface area contributed by atoms with Crippen molar-refractivity contribution in [3.05, 3.63) is 23.8 Å². The number of carboxylic acid groups (broad SMARTS) is 1. The molecule has 0 bridgehead atoms. The highest BCUT2D eigenvalue weighted by molar-refractivity contribution is 5.86. The summed E-state index contributed by atoms with van der Waals surface area (Å²) in [6.07, 6.45) is 1.42. The number of nitrogens with two attached hydrogens (primary N) is 1. The van der Waals surface area contributed by atoms with Crippen LogP contribution < -0.4 is 11.1 Å². The van der Waals surface area contributed by atoms with Crippen LogP contribution >= 0.6 is 0 Å². The molecular formula is C11H14N2O2. The highest BCUT2D eigenvalue weighted by Crippen LogP contribution is 2.49. The van der Waals surface area contributed by atoms with E-state index in [0.29, 0.717) is 18.5 Å². The number of benzene rings is 1. The summed E-state index contributed by atoms with van der Waals surface area (Å²) in [5.41, 5.74) is 7.38. The minimum absolute atomic E-state index is 0.600. The normalized spacial score (nSPS) is 17.1. The summed E-state index contributed by atoms with van der Waals surface area (Å²) < 4.78 is 0. The maximum atomic E-state index is 11.1. The Kier molecular flexibility index (Phi) is 2.07. The molecule has 0 unspecified atom stereocenters. The summed E-state index contributed by atoms with van der Waals surface area (Å²) >= 11 is 0. The lowest BCUT2D eigenvalue weighted by molar-refractivity contribution is -0.140. The van der Waals surface area contributed by atoms with E-state index in [1.54, 1.807) is 13.1 Å². The van der Waals surface area contributed by atoms with Crippen LogP contribution in [0.5, 0.6) is 0 Å². The van der Waals surface area contributed by atoms with Crippen LogP contribution in [-0.2, 0) is 10.2 Å². The molecule has 1 saturated carbocycles. The van der Waals surface area contributed by atoms with Gasteiger partial charge >= 0.3 is 5.97 Å². The third-order valence-corrected chi connectivity index (χ3v) is 3.03. The van der Waals surface area contributed by atoms with Crippen molar-refractivity contribution in [2.75, 3.05) is 18.1 Å². The fraction of sp³-hybridized carbons (Fsp3) is 0.364. The highest BCUT2D eigenvalue weighted by atomic mass is 16.4. The minimum Gasteiger partial charge on any atom is -0.481 e. The molecule has 4 N–H and O–H groups in total. The van der Waals surface area contributed by atoms with Crippen LogP contribution in [0, 0.1) is 0 Å². The molecule has 2 rings (SSSR count). The Labute approximate surface area is 88.1 Å². The first kappa shape index (κ1) is 9.83. The quantitative estimate of drug-likeness (QED) is 0.654. The van der Waals surface area contributed by atoms with Crippen molar-refractivity contribution in [3.63, 3.8) is 0 Å². The van der Waals surface area contributed by atoms with Gasteiger partial charge in [-0.2, -0.15) is 0 Å². The topological polar surface area (TPSA) is 75.3 Å². The molecule has 0 radical (unpaired) electrons. The van der Waals surface area contributed by atoms with Gasteiger partial charge in [0.1, 0.15) is 0 Å². The van der Waals surface area contributed by atoms with E-state index in [1.807, 2.05) is 12.1 Å². The Bertz CT molecular complexity index is 411. The van der Waals surface area contributed by atoms with Crippen LogP contribution in [0.25, 0.3) is 0 Å². The average Bonchev–Trinajstić information content (AvgIpc) is 2.98. The van der Waals surface area contributed by atoms with Crippen molar-refractivity contribution < 1.29 is 9.90 Å². The van der Waals surface area contributed by atoms with Gasteiger partial charge in [-0.3, -0.25) is 4.79 Å². The summed E-state index contributed by atoms with van der Waals surface area (Å²) in [5.74, 6) is -0.751. The molecule has 0 aromatic heterocycles. The Morgan fingerprint density at radius 2 is 2.20 bits per heavy atom. The lowest BCUT2D eigenvalue weighted by Crippen LogP contribution is -2.19. The van der Waals surface area contributed by atoms with Gasteiger partial charge in [0, 0.05) is 7.05 Å². The van der Waals surface area contributed by atoms with Crippen LogP contribution in [0.15, 0.2) is 18.2 Å². The molecule has 0 atom stereocenters. The number of hydrogen-bond acceptors (Lipinski definition) is 3. The largest absolute Gasteiger partial charge is 0.481 e. The predicted molar refractivity (Wildman–Crippen MR) is 58.9 cm³/mol. The first-order valence-corrected chi connectivity index (χ1v) is 4.91. The van der Waals surface area contributed by atoms with Crippen LogP contribution in [0.3, 0.4) is 0 Å². The maximum absolute atomic E-state index is 11.1. The van der Waals surface area contributed by atoms with E-state index in [4.69, 9.17) is 10.8 Å². The van der Waals surface area contributed by atoms with Crippen molar-refractivity contribution in [2.45, 2.75) is 18.3 Å². The molecule has 0 aliphatic heterocycles. The number of carboxylic acids is 1. The van der Waals surface area contributed by atoms with Gasteiger partial charge in [0.15, 0.2) is 0 Å². The Balaban J connectivity index is 2.39. The third kappa shape index (κ3) is 1.42. The average molecular weight is 206 g/mol. The number of carbonyl (C=O) groups is 1.